The topological polar surface area (TPSA) is 68.0 Å². The molecule has 4 nitrogen and oxygen atoms in total. The van der Waals surface area contributed by atoms with Gasteiger partial charge in [0.2, 0.25) is 5.91 Å². The lowest BCUT2D eigenvalue weighted by Crippen LogP contribution is -2.11. The van der Waals surface area contributed by atoms with Crippen LogP contribution in [0.1, 0.15) is 19.3 Å². The van der Waals surface area contributed by atoms with Crippen molar-refractivity contribution >= 4 is 27.7 Å². The minimum absolute atomic E-state index is 0.239. The summed E-state index contributed by atoms with van der Waals surface area (Å²) in [4.78, 5) is 14.6. The number of unbranched alkanes of at least 4 members (excludes halogenated alkanes) is 1. The van der Waals surface area contributed by atoms with E-state index in [1.807, 2.05) is 12.1 Å². The molecule has 5 heteroatoms. The third kappa shape index (κ3) is 5.37. The number of amides is 1. The molecule has 82 valence electrons. The molecule has 0 atom stereocenters. The smallest absolute Gasteiger partial charge is 0.217 e. The highest BCUT2D eigenvalue weighted by atomic mass is 79.9. The van der Waals surface area contributed by atoms with E-state index in [1.54, 1.807) is 6.20 Å². The molecule has 0 aliphatic carbocycles. The van der Waals surface area contributed by atoms with Crippen molar-refractivity contribution in [2.24, 2.45) is 5.73 Å². The van der Waals surface area contributed by atoms with E-state index in [0.717, 1.165) is 29.7 Å². The molecule has 1 rings (SSSR count). The number of carbonyl (C=O) groups excluding carboxylic acids is 1. The lowest BCUT2D eigenvalue weighted by atomic mass is 10.2. The van der Waals surface area contributed by atoms with Gasteiger partial charge in [-0.2, -0.15) is 0 Å². The normalized spacial score (nSPS) is 9.93. The summed E-state index contributed by atoms with van der Waals surface area (Å²) in [5, 5.41) is 3.16. The summed E-state index contributed by atoms with van der Waals surface area (Å²) in [6.45, 7) is 0.807. The van der Waals surface area contributed by atoms with Crippen molar-refractivity contribution in [3.8, 4) is 0 Å². The molecule has 15 heavy (non-hydrogen) atoms. The van der Waals surface area contributed by atoms with Gasteiger partial charge in [0.05, 0.1) is 0 Å². The number of primary amides is 1. The number of anilines is 1. The van der Waals surface area contributed by atoms with Crippen LogP contribution in [0.25, 0.3) is 0 Å². The summed E-state index contributed by atoms with van der Waals surface area (Å²) < 4.78 is 0.960. The average molecular weight is 272 g/mol. The van der Waals surface area contributed by atoms with Crippen LogP contribution in [0.3, 0.4) is 0 Å². The quantitative estimate of drug-likeness (QED) is 0.777. The highest BCUT2D eigenvalue weighted by molar-refractivity contribution is 9.10. The summed E-state index contributed by atoms with van der Waals surface area (Å²) in [6, 6.07) is 3.83. The van der Waals surface area contributed by atoms with E-state index in [9.17, 15) is 4.79 Å². The van der Waals surface area contributed by atoms with Gasteiger partial charge in [0, 0.05) is 23.6 Å². The molecule has 0 radical (unpaired) electrons. The van der Waals surface area contributed by atoms with E-state index >= 15 is 0 Å². The number of hydrogen-bond acceptors (Lipinski definition) is 3. The number of pyridine rings is 1. The number of halogens is 1. The monoisotopic (exact) mass is 271 g/mol. The van der Waals surface area contributed by atoms with Gasteiger partial charge in [0.15, 0.2) is 0 Å². The largest absolute Gasteiger partial charge is 0.370 e. The maximum Gasteiger partial charge on any atom is 0.217 e. The van der Waals surface area contributed by atoms with Crippen molar-refractivity contribution in [1.82, 2.24) is 4.98 Å². The first-order valence-corrected chi connectivity index (χ1v) is 5.61. The number of rotatable bonds is 6. The molecule has 1 heterocycles. The first-order chi connectivity index (χ1) is 7.18. The molecule has 0 unspecified atom stereocenters. The predicted octanol–water partition coefficient (Wildman–Crippen LogP) is 1.91. The molecule has 0 aliphatic heterocycles. The maximum atomic E-state index is 10.5. The van der Waals surface area contributed by atoms with Crippen LogP contribution in [-0.4, -0.2) is 17.4 Å². The molecule has 0 saturated carbocycles. The van der Waals surface area contributed by atoms with Crippen LogP contribution in [0, 0.1) is 0 Å². The SMILES string of the molecule is NC(=O)CCCCNc1ccc(Br)cn1. The highest BCUT2D eigenvalue weighted by Gasteiger charge is 1.95. The lowest BCUT2D eigenvalue weighted by molar-refractivity contribution is -0.118. The number of nitrogens with two attached hydrogens (primary N) is 1. The number of nitrogens with zero attached hydrogens (tertiary/aromatic N) is 1. The zero-order chi connectivity index (χ0) is 11.1. The molecule has 0 spiro atoms. The number of carbonyl (C=O) groups is 1. The van der Waals surface area contributed by atoms with Crippen LogP contribution < -0.4 is 11.1 Å². The Morgan fingerprint density at radius 2 is 2.27 bits per heavy atom. The Morgan fingerprint density at radius 3 is 2.87 bits per heavy atom. The second kappa shape index (κ2) is 6.40. The van der Waals surface area contributed by atoms with Crippen LogP contribution in [0.5, 0.6) is 0 Å². The third-order valence-corrected chi connectivity index (χ3v) is 2.35. The molecule has 0 saturated heterocycles. The van der Waals surface area contributed by atoms with E-state index in [4.69, 9.17) is 5.73 Å². The molecule has 0 fully saturated rings. The van der Waals surface area contributed by atoms with Gasteiger partial charge >= 0.3 is 0 Å². The van der Waals surface area contributed by atoms with E-state index in [1.165, 1.54) is 0 Å². The van der Waals surface area contributed by atoms with Crippen molar-refractivity contribution < 1.29 is 4.79 Å². The first kappa shape index (κ1) is 12.0. The van der Waals surface area contributed by atoms with Crippen LogP contribution in [0.4, 0.5) is 5.82 Å². The van der Waals surface area contributed by atoms with E-state index in [2.05, 4.69) is 26.2 Å². The third-order valence-electron chi connectivity index (χ3n) is 1.88. The van der Waals surface area contributed by atoms with E-state index in [-0.39, 0.29) is 5.91 Å². The second-order valence-electron chi connectivity index (χ2n) is 3.21. The van der Waals surface area contributed by atoms with Crippen LogP contribution in [0.2, 0.25) is 0 Å². The first-order valence-electron chi connectivity index (χ1n) is 4.82. The molecule has 3 N–H and O–H groups in total. The van der Waals surface area contributed by atoms with Crippen LogP contribution >= 0.6 is 15.9 Å². The zero-order valence-electron chi connectivity index (χ0n) is 8.37. The molecule has 1 aromatic heterocycles. The predicted molar refractivity (Wildman–Crippen MR) is 63.5 cm³/mol. The molecule has 1 aromatic rings. The van der Waals surface area contributed by atoms with Gasteiger partial charge < -0.3 is 11.1 Å². The Bertz CT molecular complexity index is 313. The second-order valence-corrected chi connectivity index (χ2v) is 4.13. The van der Waals surface area contributed by atoms with Gasteiger partial charge in [-0.3, -0.25) is 4.79 Å². The Balaban J connectivity index is 2.15. The van der Waals surface area contributed by atoms with Crippen molar-refractivity contribution in [1.29, 1.82) is 0 Å². The van der Waals surface area contributed by atoms with Crippen molar-refractivity contribution in [2.75, 3.05) is 11.9 Å². The van der Waals surface area contributed by atoms with Crippen LogP contribution in [-0.2, 0) is 4.79 Å². The number of hydrogen-bond donors (Lipinski definition) is 2. The number of nitrogens with one attached hydrogen (secondary N) is 1. The lowest BCUT2D eigenvalue weighted by Gasteiger charge is -2.04. The molecule has 0 bridgehead atoms. The fourth-order valence-corrected chi connectivity index (χ4v) is 1.36. The molecule has 0 aliphatic rings. The Hall–Kier alpha value is -1.10. The minimum Gasteiger partial charge on any atom is -0.370 e. The van der Waals surface area contributed by atoms with Crippen molar-refractivity contribution in [3.63, 3.8) is 0 Å². The summed E-state index contributed by atoms with van der Waals surface area (Å²) in [7, 11) is 0. The fraction of sp³-hybridized carbons (Fsp3) is 0.400. The van der Waals surface area contributed by atoms with Gasteiger partial charge in [-0.25, -0.2) is 4.98 Å². The summed E-state index contributed by atoms with van der Waals surface area (Å²) in [5.74, 6) is 0.606. The summed E-state index contributed by atoms with van der Waals surface area (Å²) in [6.07, 6.45) is 3.93. The molecule has 1 amide bonds. The van der Waals surface area contributed by atoms with Gasteiger partial charge in [0.25, 0.3) is 0 Å². The van der Waals surface area contributed by atoms with Gasteiger partial charge in [0.1, 0.15) is 5.82 Å². The molecular formula is C10H14BrN3O. The average Bonchev–Trinajstić information content (AvgIpc) is 2.20. The van der Waals surface area contributed by atoms with Crippen molar-refractivity contribution in [2.45, 2.75) is 19.3 Å². The number of aromatic nitrogens is 1. The van der Waals surface area contributed by atoms with E-state index < -0.39 is 0 Å². The summed E-state index contributed by atoms with van der Waals surface area (Å²) in [5.41, 5.74) is 5.03. The Labute approximate surface area is 97.4 Å². The maximum absolute atomic E-state index is 10.5. The Morgan fingerprint density at radius 1 is 1.47 bits per heavy atom. The highest BCUT2D eigenvalue weighted by Crippen LogP contribution is 2.10. The fourth-order valence-electron chi connectivity index (χ4n) is 1.12. The van der Waals surface area contributed by atoms with Crippen molar-refractivity contribution in [3.05, 3.63) is 22.8 Å². The van der Waals surface area contributed by atoms with E-state index in [0.29, 0.717) is 6.42 Å². The van der Waals surface area contributed by atoms with Gasteiger partial charge in [-0.05, 0) is 40.9 Å². The molecular weight excluding hydrogens is 258 g/mol. The standard InChI is InChI=1S/C10H14BrN3O/c11-8-4-5-10(14-7-8)13-6-2-1-3-9(12)15/h4-5,7H,1-3,6H2,(H2,12,15)(H,13,14). The van der Waals surface area contributed by atoms with Crippen LogP contribution in [0.15, 0.2) is 22.8 Å². The zero-order valence-corrected chi connectivity index (χ0v) is 9.96. The molecule has 0 aromatic carbocycles. The summed E-state index contributed by atoms with van der Waals surface area (Å²) >= 11 is 3.31. The van der Waals surface area contributed by atoms with Gasteiger partial charge in [-0.15, -0.1) is 0 Å². The minimum atomic E-state index is -0.239. The Kier molecular flexibility index (Phi) is 5.10. The van der Waals surface area contributed by atoms with Gasteiger partial charge in [-0.1, -0.05) is 0 Å².